The average molecular weight is 218 g/mol. The van der Waals surface area contributed by atoms with Crippen LogP contribution in [0.3, 0.4) is 0 Å². The molecule has 15 heavy (non-hydrogen) atoms. The van der Waals surface area contributed by atoms with Gasteiger partial charge in [0.05, 0.1) is 0 Å². The molecule has 0 bridgehead atoms. The Labute approximate surface area is 96.4 Å². The highest BCUT2D eigenvalue weighted by Gasteiger charge is 1.83. The van der Waals surface area contributed by atoms with Gasteiger partial charge >= 0.3 is 0 Å². The Balaban J connectivity index is 0. The summed E-state index contributed by atoms with van der Waals surface area (Å²) in [6.45, 7) is 6.26. The lowest BCUT2D eigenvalue weighted by Gasteiger charge is -1.95. The molecule has 0 fully saturated rings. The summed E-state index contributed by atoms with van der Waals surface area (Å²) >= 11 is 0. The predicted octanol–water partition coefficient (Wildman–Crippen LogP) is 4.04. The van der Waals surface area contributed by atoms with E-state index >= 15 is 0 Å². The van der Waals surface area contributed by atoms with Crippen LogP contribution >= 0.6 is 0 Å². The molecule has 0 radical (unpaired) electrons. The number of hydrogen-bond acceptors (Lipinski definition) is 2. The van der Waals surface area contributed by atoms with E-state index in [-0.39, 0.29) is 0 Å². The first kappa shape index (κ1) is 17.3. The molecule has 0 heterocycles. The number of methoxy groups -OCH3 is 2. The fraction of sp³-hybridized carbons (Fsp3) is 1.00. The smallest absolute Gasteiger partial charge is 0.0462 e. The first-order valence-corrected chi connectivity index (χ1v) is 6.31. The Morgan fingerprint density at radius 2 is 1.00 bits per heavy atom. The SMILES string of the molecule is CCCCCCOC.CCCCCOC. The first-order chi connectivity index (χ1) is 7.33. The second-order valence-electron chi connectivity index (χ2n) is 3.75. The summed E-state index contributed by atoms with van der Waals surface area (Å²) in [6, 6.07) is 0. The van der Waals surface area contributed by atoms with Crippen LogP contribution in [0.4, 0.5) is 0 Å². The van der Waals surface area contributed by atoms with Crippen molar-refractivity contribution in [1.29, 1.82) is 0 Å². The first-order valence-electron chi connectivity index (χ1n) is 6.31. The van der Waals surface area contributed by atoms with Crippen molar-refractivity contribution in [2.75, 3.05) is 27.4 Å². The summed E-state index contributed by atoms with van der Waals surface area (Å²) < 4.78 is 9.73. The third-order valence-electron chi connectivity index (χ3n) is 2.15. The molecule has 0 spiro atoms. The second-order valence-corrected chi connectivity index (χ2v) is 3.75. The summed E-state index contributed by atoms with van der Waals surface area (Å²) in [5.74, 6) is 0. The van der Waals surface area contributed by atoms with E-state index in [1.54, 1.807) is 14.2 Å². The van der Waals surface area contributed by atoms with Crippen LogP contribution in [-0.4, -0.2) is 27.4 Å². The molecule has 0 amide bonds. The van der Waals surface area contributed by atoms with Crippen LogP contribution in [0, 0.1) is 0 Å². The molecule has 2 nitrogen and oxygen atoms in total. The minimum Gasteiger partial charge on any atom is -0.385 e. The van der Waals surface area contributed by atoms with Crippen molar-refractivity contribution in [2.45, 2.75) is 58.8 Å². The Kier molecular flexibility index (Phi) is 22.5. The highest BCUT2D eigenvalue weighted by atomic mass is 16.5. The van der Waals surface area contributed by atoms with Gasteiger partial charge in [-0.3, -0.25) is 0 Å². The van der Waals surface area contributed by atoms with Crippen molar-refractivity contribution in [3.05, 3.63) is 0 Å². The van der Waals surface area contributed by atoms with Crippen LogP contribution < -0.4 is 0 Å². The van der Waals surface area contributed by atoms with E-state index in [0.717, 1.165) is 13.2 Å². The lowest BCUT2D eigenvalue weighted by Crippen LogP contribution is -1.86. The summed E-state index contributed by atoms with van der Waals surface area (Å²) in [4.78, 5) is 0. The van der Waals surface area contributed by atoms with Gasteiger partial charge in [-0.05, 0) is 12.8 Å². The standard InChI is InChI=1S/C7H16O.C6H14O/c1-3-4-5-6-7-8-2;1-3-4-5-6-7-2/h3-7H2,1-2H3;3-6H2,1-2H3. The van der Waals surface area contributed by atoms with Gasteiger partial charge in [0, 0.05) is 27.4 Å². The molecule has 0 N–H and O–H groups in total. The lowest BCUT2D eigenvalue weighted by molar-refractivity contribution is 0.192. The number of hydrogen-bond donors (Lipinski definition) is 0. The van der Waals surface area contributed by atoms with Gasteiger partial charge in [0.15, 0.2) is 0 Å². The molecule has 0 rings (SSSR count). The minimum absolute atomic E-state index is 0.924. The molecule has 0 aromatic carbocycles. The molecule has 0 aromatic heterocycles. The number of unbranched alkanes of at least 4 members (excludes halogenated alkanes) is 5. The Hall–Kier alpha value is -0.0800. The van der Waals surface area contributed by atoms with Crippen molar-refractivity contribution in [3.63, 3.8) is 0 Å². The number of rotatable bonds is 9. The van der Waals surface area contributed by atoms with E-state index in [9.17, 15) is 0 Å². The molecule has 94 valence electrons. The zero-order chi connectivity index (χ0) is 11.8. The van der Waals surface area contributed by atoms with E-state index in [2.05, 4.69) is 13.8 Å². The van der Waals surface area contributed by atoms with Crippen molar-refractivity contribution in [2.24, 2.45) is 0 Å². The topological polar surface area (TPSA) is 18.5 Å². The van der Waals surface area contributed by atoms with Gasteiger partial charge in [0.2, 0.25) is 0 Å². The van der Waals surface area contributed by atoms with Crippen LogP contribution in [0.5, 0.6) is 0 Å². The summed E-state index contributed by atoms with van der Waals surface area (Å²) in [6.07, 6.45) is 9.01. The third-order valence-corrected chi connectivity index (χ3v) is 2.15. The average Bonchev–Trinajstić information content (AvgIpc) is 2.26. The van der Waals surface area contributed by atoms with Crippen molar-refractivity contribution >= 4 is 0 Å². The molecule has 0 saturated carbocycles. The van der Waals surface area contributed by atoms with Gasteiger partial charge in [-0.15, -0.1) is 0 Å². The highest BCUT2D eigenvalue weighted by Crippen LogP contribution is 1.97. The highest BCUT2D eigenvalue weighted by molar-refractivity contribution is 4.37. The zero-order valence-electron chi connectivity index (χ0n) is 11.2. The van der Waals surface area contributed by atoms with Crippen LogP contribution in [-0.2, 0) is 9.47 Å². The Morgan fingerprint density at radius 1 is 0.600 bits per heavy atom. The summed E-state index contributed by atoms with van der Waals surface area (Å²) in [7, 11) is 3.50. The molecule has 0 unspecified atom stereocenters. The molecule has 0 saturated heterocycles. The maximum atomic E-state index is 4.89. The monoisotopic (exact) mass is 218 g/mol. The summed E-state index contributed by atoms with van der Waals surface area (Å²) in [5.41, 5.74) is 0. The van der Waals surface area contributed by atoms with E-state index in [1.165, 1.54) is 44.9 Å². The molecule has 0 atom stereocenters. The van der Waals surface area contributed by atoms with Gasteiger partial charge in [-0.1, -0.05) is 46.0 Å². The second kappa shape index (κ2) is 19.5. The van der Waals surface area contributed by atoms with Crippen molar-refractivity contribution in [3.8, 4) is 0 Å². The fourth-order valence-electron chi connectivity index (χ4n) is 1.17. The number of ether oxygens (including phenoxy) is 2. The van der Waals surface area contributed by atoms with E-state index in [0.29, 0.717) is 0 Å². The fourth-order valence-corrected chi connectivity index (χ4v) is 1.17. The molecule has 0 aliphatic carbocycles. The molecular weight excluding hydrogens is 188 g/mol. The maximum absolute atomic E-state index is 4.89. The largest absolute Gasteiger partial charge is 0.385 e. The van der Waals surface area contributed by atoms with E-state index in [1.807, 2.05) is 0 Å². The van der Waals surface area contributed by atoms with Gasteiger partial charge < -0.3 is 9.47 Å². The van der Waals surface area contributed by atoms with E-state index in [4.69, 9.17) is 9.47 Å². The molecular formula is C13H30O2. The van der Waals surface area contributed by atoms with Crippen LogP contribution in [0.15, 0.2) is 0 Å². The van der Waals surface area contributed by atoms with Crippen molar-refractivity contribution < 1.29 is 9.47 Å². The maximum Gasteiger partial charge on any atom is 0.0462 e. The van der Waals surface area contributed by atoms with Crippen LogP contribution in [0.1, 0.15) is 58.8 Å². The van der Waals surface area contributed by atoms with E-state index < -0.39 is 0 Å². The quantitative estimate of drug-likeness (QED) is 0.544. The minimum atomic E-state index is 0.924. The normalized spacial score (nSPS) is 9.60. The molecule has 0 aliphatic heterocycles. The van der Waals surface area contributed by atoms with Gasteiger partial charge in [0.25, 0.3) is 0 Å². The molecule has 0 aromatic rings. The van der Waals surface area contributed by atoms with Gasteiger partial charge in [0.1, 0.15) is 0 Å². The predicted molar refractivity (Wildman–Crippen MR) is 67.4 cm³/mol. The molecule has 0 aliphatic rings. The van der Waals surface area contributed by atoms with Crippen LogP contribution in [0.2, 0.25) is 0 Å². The third kappa shape index (κ3) is 24.9. The lowest BCUT2D eigenvalue weighted by atomic mass is 10.2. The van der Waals surface area contributed by atoms with Crippen LogP contribution in [0.25, 0.3) is 0 Å². The summed E-state index contributed by atoms with van der Waals surface area (Å²) in [5, 5.41) is 0. The Morgan fingerprint density at radius 3 is 1.40 bits per heavy atom. The Bertz CT molecular complexity index is 74.6. The zero-order valence-corrected chi connectivity index (χ0v) is 11.2. The van der Waals surface area contributed by atoms with Gasteiger partial charge in [-0.2, -0.15) is 0 Å². The van der Waals surface area contributed by atoms with Crippen molar-refractivity contribution in [1.82, 2.24) is 0 Å². The van der Waals surface area contributed by atoms with Gasteiger partial charge in [-0.25, -0.2) is 0 Å². The molecule has 2 heteroatoms.